The van der Waals surface area contributed by atoms with Gasteiger partial charge in [0.1, 0.15) is 13.2 Å². The molecule has 0 aromatic rings. The van der Waals surface area contributed by atoms with E-state index in [4.69, 9.17) is 14.2 Å². The van der Waals surface area contributed by atoms with Crippen molar-refractivity contribution in [3.8, 4) is 0 Å². The fourth-order valence-corrected chi connectivity index (χ4v) is 10.3. The lowest BCUT2D eigenvalue weighted by Crippen LogP contribution is -2.30. The zero-order chi connectivity index (χ0) is 59.2. The molecule has 6 heteroatoms. The van der Waals surface area contributed by atoms with Crippen LogP contribution in [0.5, 0.6) is 0 Å². The van der Waals surface area contributed by atoms with Gasteiger partial charge >= 0.3 is 17.9 Å². The highest BCUT2D eigenvalue weighted by Gasteiger charge is 2.19. The summed E-state index contributed by atoms with van der Waals surface area (Å²) in [7, 11) is 0. The minimum absolute atomic E-state index is 0.0737. The Morgan fingerprint density at radius 2 is 0.476 bits per heavy atom. The molecule has 0 aliphatic heterocycles. The third-order valence-electron chi connectivity index (χ3n) is 15.6. The summed E-state index contributed by atoms with van der Waals surface area (Å²) in [5.41, 5.74) is 0. The number of esters is 3. The van der Waals surface area contributed by atoms with Crippen molar-refractivity contribution in [3.63, 3.8) is 0 Å². The van der Waals surface area contributed by atoms with Gasteiger partial charge in [-0.1, -0.05) is 331 Å². The maximum atomic E-state index is 13.0. The van der Waals surface area contributed by atoms with Crippen molar-refractivity contribution < 1.29 is 28.6 Å². The lowest BCUT2D eigenvalue weighted by molar-refractivity contribution is -0.167. The second-order valence-corrected chi connectivity index (χ2v) is 23.8. The molecule has 0 rings (SSSR count). The highest BCUT2D eigenvalue weighted by Crippen LogP contribution is 2.18. The van der Waals surface area contributed by atoms with Gasteiger partial charge in [0, 0.05) is 19.3 Å². The molecule has 0 saturated carbocycles. The number of allylic oxidation sites excluding steroid dienone is 14. The summed E-state index contributed by atoms with van der Waals surface area (Å²) >= 11 is 0. The molecule has 0 saturated heterocycles. The Labute approximate surface area is 509 Å². The van der Waals surface area contributed by atoms with E-state index in [-0.39, 0.29) is 31.1 Å². The minimum atomic E-state index is -0.779. The number of hydrogen-bond donors (Lipinski definition) is 0. The molecule has 0 aliphatic rings. The van der Waals surface area contributed by atoms with E-state index in [2.05, 4.69) is 106 Å². The number of carbonyl (C=O) groups excluding carboxylic acids is 3. The number of carbonyl (C=O) groups is 3. The van der Waals surface area contributed by atoms with Crippen LogP contribution in [0.25, 0.3) is 0 Å². The Kier molecular flexibility index (Phi) is 67.2. The summed E-state index contributed by atoms with van der Waals surface area (Å²) in [6, 6.07) is 0. The monoisotopic (exact) mass is 1140 g/mol. The number of unbranched alkanes of at least 4 members (excludes halogenated alkanes) is 40. The van der Waals surface area contributed by atoms with Crippen LogP contribution in [0.4, 0.5) is 0 Å². The van der Waals surface area contributed by atoms with Crippen molar-refractivity contribution >= 4 is 17.9 Å². The summed E-state index contributed by atoms with van der Waals surface area (Å²) in [5, 5.41) is 0. The van der Waals surface area contributed by atoms with E-state index < -0.39 is 6.10 Å². The minimum Gasteiger partial charge on any atom is -0.462 e. The second kappa shape index (κ2) is 70.1. The molecule has 82 heavy (non-hydrogen) atoms. The molecule has 0 spiro atoms. The molecule has 0 N–H and O–H groups in total. The molecule has 0 radical (unpaired) electrons. The average Bonchev–Trinajstić information content (AvgIpc) is 3.47. The quantitative estimate of drug-likeness (QED) is 0.0261. The van der Waals surface area contributed by atoms with Crippen LogP contribution in [0, 0.1) is 0 Å². The zero-order valence-corrected chi connectivity index (χ0v) is 54.5. The van der Waals surface area contributed by atoms with Gasteiger partial charge in [0.15, 0.2) is 6.10 Å². The van der Waals surface area contributed by atoms with Crippen molar-refractivity contribution in [2.75, 3.05) is 13.2 Å². The van der Waals surface area contributed by atoms with Crippen LogP contribution >= 0.6 is 0 Å². The van der Waals surface area contributed by atoms with E-state index >= 15 is 0 Å². The Bertz CT molecular complexity index is 1550. The maximum Gasteiger partial charge on any atom is 0.306 e. The molecule has 6 nitrogen and oxygen atoms in total. The topological polar surface area (TPSA) is 78.9 Å². The molecule has 0 aromatic heterocycles. The molecule has 0 aromatic carbocycles. The van der Waals surface area contributed by atoms with E-state index in [1.54, 1.807) is 0 Å². The van der Waals surface area contributed by atoms with Crippen LogP contribution in [-0.2, 0) is 28.6 Å². The first kappa shape index (κ1) is 78.6. The highest BCUT2D eigenvalue weighted by atomic mass is 16.6. The first-order valence-corrected chi connectivity index (χ1v) is 35.6. The van der Waals surface area contributed by atoms with Crippen LogP contribution in [0.1, 0.15) is 361 Å². The number of ether oxygens (including phenoxy) is 3. The van der Waals surface area contributed by atoms with Crippen molar-refractivity contribution in [2.45, 2.75) is 367 Å². The van der Waals surface area contributed by atoms with Gasteiger partial charge in [-0.2, -0.15) is 0 Å². The van der Waals surface area contributed by atoms with Gasteiger partial charge in [0.25, 0.3) is 0 Å². The van der Waals surface area contributed by atoms with E-state index in [1.165, 1.54) is 225 Å². The normalized spacial score (nSPS) is 12.6. The predicted molar refractivity (Wildman–Crippen MR) is 358 cm³/mol. The van der Waals surface area contributed by atoms with Gasteiger partial charge in [-0.15, -0.1) is 0 Å². The first-order chi connectivity index (χ1) is 40.5. The lowest BCUT2D eigenvalue weighted by atomic mass is 10.0. The molecule has 1 atom stereocenters. The second-order valence-electron chi connectivity index (χ2n) is 23.8. The van der Waals surface area contributed by atoms with E-state index in [0.717, 1.165) is 96.3 Å². The van der Waals surface area contributed by atoms with Gasteiger partial charge in [-0.3, -0.25) is 14.4 Å². The smallest absolute Gasteiger partial charge is 0.306 e. The van der Waals surface area contributed by atoms with Crippen molar-refractivity contribution in [3.05, 3.63) is 85.1 Å². The highest BCUT2D eigenvalue weighted by molar-refractivity contribution is 5.71. The van der Waals surface area contributed by atoms with Gasteiger partial charge in [0.2, 0.25) is 0 Å². The Hall–Kier alpha value is -3.41. The summed E-state index contributed by atoms with van der Waals surface area (Å²) in [6.07, 6.45) is 93.1. The molecule has 1 unspecified atom stereocenters. The zero-order valence-electron chi connectivity index (χ0n) is 54.5. The molecule has 0 amide bonds. The fourth-order valence-electron chi connectivity index (χ4n) is 10.3. The van der Waals surface area contributed by atoms with Crippen molar-refractivity contribution in [2.24, 2.45) is 0 Å². The largest absolute Gasteiger partial charge is 0.462 e. The number of hydrogen-bond acceptors (Lipinski definition) is 6. The summed E-state index contributed by atoms with van der Waals surface area (Å²) in [4.78, 5) is 38.5. The van der Waals surface area contributed by atoms with Crippen LogP contribution in [0.2, 0.25) is 0 Å². The van der Waals surface area contributed by atoms with Crippen molar-refractivity contribution in [1.82, 2.24) is 0 Å². The standard InChI is InChI=1S/C76H134O6/c1-4-7-10-13-16-19-22-25-28-31-33-34-35-36-37-38-39-40-41-42-44-45-48-51-54-57-60-63-66-69-75(78)81-72-73(71-80-74(77)68-65-62-59-56-53-50-47-30-27-24-21-18-15-12-9-6-3)82-76(79)70-67-64-61-58-55-52-49-46-43-32-29-26-23-20-17-14-11-8-5-2/h7,10,16,19,25-26,28-29,33-34,36-37,39-40,73H,4-6,8-9,11-15,17-18,20-24,27,30-32,35,38,41-72H2,1-3H3/b10-7-,19-16-,28-25-,29-26-,34-33-,37-36-,40-39-. The molecule has 0 bridgehead atoms. The van der Waals surface area contributed by atoms with Gasteiger partial charge in [-0.05, 0) is 96.3 Å². The fraction of sp³-hybridized carbons (Fsp3) is 0.776. The first-order valence-electron chi connectivity index (χ1n) is 35.6. The molecule has 0 aliphatic carbocycles. The molecular weight excluding hydrogens is 1010 g/mol. The van der Waals surface area contributed by atoms with Crippen molar-refractivity contribution in [1.29, 1.82) is 0 Å². The van der Waals surface area contributed by atoms with Gasteiger partial charge in [0.05, 0.1) is 0 Å². The Morgan fingerprint density at radius 3 is 0.756 bits per heavy atom. The van der Waals surface area contributed by atoms with E-state index in [0.29, 0.717) is 19.3 Å². The summed E-state index contributed by atoms with van der Waals surface area (Å²) < 4.78 is 17.0. The van der Waals surface area contributed by atoms with Gasteiger partial charge in [-0.25, -0.2) is 0 Å². The Balaban J connectivity index is 4.31. The maximum absolute atomic E-state index is 13.0. The predicted octanol–water partition coefficient (Wildman–Crippen LogP) is 24.6. The summed E-state index contributed by atoms with van der Waals surface area (Å²) in [5.74, 6) is -0.859. The lowest BCUT2D eigenvalue weighted by Gasteiger charge is -2.18. The third-order valence-corrected chi connectivity index (χ3v) is 15.6. The van der Waals surface area contributed by atoms with Crippen LogP contribution in [0.3, 0.4) is 0 Å². The van der Waals surface area contributed by atoms with Crippen LogP contribution < -0.4 is 0 Å². The molecular formula is C76H134O6. The SMILES string of the molecule is CC/C=C\C/C=C\C/C=C\C/C=C\C/C=C\C/C=C\CCCCCCCCCCCCC(=O)OCC(COC(=O)CCCCCCCCCCCCCCCCCC)OC(=O)CCCCCCCCCCC/C=C\CCCCCCCC. The molecule has 0 heterocycles. The Morgan fingerprint density at radius 1 is 0.256 bits per heavy atom. The average molecular weight is 1140 g/mol. The third kappa shape index (κ3) is 67.4. The van der Waals surface area contributed by atoms with Crippen LogP contribution in [0.15, 0.2) is 85.1 Å². The number of rotatable bonds is 65. The summed E-state index contributed by atoms with van der Waals surface area (Å²) in [6.45, 7) is 6.57. The van der Waals surface area contributed by atoms with E-state index in [1.807, 2.05) is 0 Å². The van der Waals surface area contributed by atoms with Crippen LogP contribution in [-0.4, -0.2) is 37.2 Å². The molecule has 474 valence electrons. The van der Waals surface area contributed by atoms with Gasteiger partial charge < -0.3 is 14.2 Å². The molecule has 0 fully saturated rings. The van der Waals surface area contributed by atoms with E-state index in [9.17, 15) is 14.4 Å².